The van der Waals surface area contributed by atoms with Crippen molar-refractivity contribution in [1.82, 2.24) is 29.4 Å². The molecule has 0 unspecified atom stereocenters. The monoisotopic (exact) mass is 426 g/mol. The first-order chi connectivity index (χ1) is 13.7. The van der Waals surface area contributed by atoms with Crippen molar-refractivity contribution in [2.75, 3.05) is 7.11 Å². The van der Waals surface area contributed by atoms with Gasteiger partial charge in [-0.3, -0.25) is 14.5 Å². The van der Waals surface area contributed by atoms with Gasteiger partial charge in [-0.05, 0) is 30.6 Å². The van der Waals surface area contributed by atoms with Gasteiger partial charge in [-0.1, -0.05) is 0 Å². The maximum absolute atomic E-state index is 12.8. The number of carbonyl (C=O) groups excluding carboxylic acids is 1. The highest BCUT2D eigenvalue weighted by Gasteiger charge is 2.35. The van der Waals surface area contributed by atoms with Gasteiger partial charge < -0.3 is 10.1 Å². The van der Waals surface area contributed by atoms with Crippen molar-refractivity contribution in [2.45, 2.75) is 25.7 Å². The predicted molar refractivity (Wildman–Crippen MR) is 97.9 cm³/mol. The molecule has 0 spiro atoms. The van der Waals surface area contributed by atoms with Crippen molar-refractivity contribution < 1.29 is 22.7 Å². The van der Waals surface area contributed by atoms with Crippen molar-refractivity contribution in [3.63, 3.8) is 0 Å². The van der Waals surface area contributed by atoms with Crippen LogP contribution in [0.3, 0.4) is 0 Å². The number of aromatic nitrogens is 5. The van der Waals surface area contributed by atoms with E-state index < -0.39 is 23.8 Å². The van der Waals surface area contributed by atoms with E-state index in [2.05, 4.69) is 24.8 Å². The Balaban J connectivity index is 1.74. The maximum atomic E-state index is 12.8. The average molecular weight is 426 g/mol. The highest BCUT2D eigenvalue weighted by atomic mass is 32.1. The molecule has 0 saturated carbocycles. The first-order valence-corrected chi connectivity index (χ1v) is 9.16. The van der Waals surface area contributed by atoms with Gasteiger partial charge in [0.05, 0.1) is 18.3 Å². The number of aryl methyl sites for hydroxylation is 1. The molecule has 1 atom stereocenters. The Morgan fingerprint density at radius 1 is 1.38 bits per heavy atom. The molecule has 0 bridgehead atoms. The number of amides is 1. The van der Waals surface area contributed by atoms with Crippen LogP contribution in [0, 0.1) is 0 Å². The lowest BCUT2D eigenvalue weighted by atomic mass is 10.2. The number of hydrogen-bond donors (Lipinski definition) is 1. The van der Waals surface area contributed by atoms with Crippen LogP contribution in [-0.4, -0.2) is 37.1 Å². The average Bonchev–Trinajstić information content (AvgIpc) is 3.29. The summed E-state index contributed by atoms with van der Waals surface area (Å²) in [6, 6.07) is 3.70. The minimum absolute atomic E-state index is 0.202. The maximum Gasteiger partial charge on any atom is 0.435 e. The largest absolute Gasteiger partial charge is 0.435 e. The van der Waals surface area contributed by atoms with E-state index in [1.165, 1.54) is 7.05 Å². The third-order valence-electron chi connectivity index (χ3n) is 3.93. The standard InChI is InChI=1S/C17H17F3N6O2S/c1-9(22-15(27)12-7-13(17(18,19)20)24-26(12)2)16-23-14(25-29-16)10-4-5-21-11(6-10)8-28-3/h4-7,9H,8H2,1-3H3,(H,22,27)/t9-/m1/s1. The van der Waals surface area contributed by atoms with Gasteiger partial charge in [0.1, 0.15) is 10.7 Å². The molecule has 8 nitrogen and oxygen atoms in total. The van der Waals surface area contributed by atoms with Crippen molar-refractivity contribution in [3.8, 4) is 11.4 Å². The third-order valence-corrected chi connectivity index (χ3v) is 4.83. The molecular weight excluding hydrogens is 409 g/mol. The molecule has 3 aromatic rings. The fraction of sp³-hybridized carbons (Fsp3) is 0.353. The number of rotatable bonds is 6. The Kier molecular flexibility index (Phi) is 5.94. The Labute approximate surface area is 167 Å². The van der Waals surface area contributed by atoms with E-state index in [1.807, 2.05) is 0 Å². The summed E-state index contributed by atoms with van der Waals surface area (Å²) in [5.41, 5.74) is 0.140. The molecule has 29 heavy (non-hydrogen) atoms. The van der Waals surface area contributed by atoms with Crippen LogP contribution in [0.25, 0.3) is 11.4 Å². The van der Waals surface area contributed by atoms with Crippen LogP contribution in [0.2, 0.25) is 0 Å². The summed E-state index contributed by atoms with van der Waals surface area (Å²) in [5.74, 6) is -0.225. The summed E-state index contributed by atoms with van der Waals surface area (Å²) in [6.45, 7) is 2.02. The minimum atomic E-state index is -4.62. The summed E-state index contributed by atoms with van der Waals surface area (Å²) in [7, 11) is 2.84. The zero-order chi connectivity index (χ0) is 21.2. The molecule has 0 aliphatic heterocycles. The van der Waals surface area contributed by atoms with Crippen molar-refractivity contribution >= 4 is 17.4 Å². The number of carbonyl (C=O) groups is 1. The zero-order valence-corrected chi connectivity index (χ0v) is 16.5. The lowest BCUT2D eigenvalue weighted by molar-refractivity contribution is -0.141. The zero-order valence-electron chi connectivity index (χ0n) is 15.7. The van der Waals surface area contributed by atoms with Gasteiger partial charge >= 0.3 is 6.18 Å². The normalized spacial score (nSPS) is 12.8. The Morgan fingerprint density at radius 3 is 2.79 bits per heavy atom. The summed E-state index contributed by atoms with van der Waals surface area (Å²) in [5, 5.41) is 6.47. The molecule has 0 aliphatic rings. The number of alkyl halides is 3. The number of nitrogens with one attached hydrogen (secondary N) is 1. The van der Waals surface area contributed by atoms with Crippen LogP contribution in [0.15, 0.2) is 24.4 Å². The van der Waals surface area contributed by atoms with Gasteiger partial charge in [-0.15, -0.1) is 0 Å². The van der Waals surface area contributed by atoms with E-state index in [9.17, 15) is 18.0 Å². The summed E-state index contributed by atoms with van der Waals surface area (Å²) < 4.78 is 48.6. The molecule has 154 valence electrons. The molecule has 0 fully saturated rings. The number of ether oxygens (including phenoxy) is 1. The van der Waals surface area contributed by atoms with Crippen LogP contribution < -0.4 is 5.32 Å². The fourth-order valence-electron chi connectivity index (χ4n) is 2.52. The van der Waals surface area contributed by atoms with Crippen LogP contribution in [-0.2, 0) is 24.6 Å². The number of hydrogen-bond acceptors (Lipinski definition) is 7. The SMILES string of the molecule is COCc1cc(-c2nsc([C@@H](C)NC(=O)c3cc(C(F)(F)F)nn3C)n2)ccn1. The highest BCUT2D eigenvalue weighted by molar-refractivity contribution is 7.05. The third kappa shape index (κ3) is 4.77. The number of methoxy groups -OCH3 is 1. The van der Waals surface area contributed by atoms with Gasteiger partial charge in [-0.2, -0.15) is 22.6 Å². The summed E-state index contributed by atoms with van der Waals surface area (Å²) in [6.07, 6.45) is -3.00. The Bertz CT molecular complexity index is 1020. The predicted octanol–water partition coefficient (Wildman–Crippen LogP) is 2.99. The quantitative estimate of drug-likeness (QED) is 0.651. The summed E-state index contributed by atoms with van der Waals surface area (Å²) >= 11 is 1.09. The molecule has 3 heterocycles. The minimum Gasteiger partial charge on any atom is -0.378 e. The van der Waals surface area contributed by atoms with E-state index >= 15 is 0 Å². The molecule has 1 N–H and O–H groups in total. The molecule has 0 aliphatic carbocycles. The molecule has 0 aromatic carbocycles. The second kappa shape index (κ2) is 8.25. The molecule has 12 heteroatoms. The molecule has 0 saturated heterocycles. The highest BCUT2D eigenvalue weighted by Crippen LogP contribution is 2.28. The van der Waals surface area contributed by atoms with E-state index in [1.54, 1.807) is 32.4 Å². The molecule has 3 aromatic heterocycles. The van der Waals surface area contributed by atoms with E-state index in [0.29, 0.717) is 23.5 Å². The van der Waals surface area contributed by atoms with Gasteiger partial charge in [0.2, 0.25) is 0 Å². The van der Waals surface area contributed by atoms with E-state index in [-0.39, 0.29) is 5.69 Å². The Hall–Kier alpha value is -2.86. The number of halogens is 3. The first-order valence-electron chi connectivity index (χ1n) is 8.39. The number of pyridine rings is 1. The lowest BCUT2D eigenvalue weighted by Crippen LogP contribution is -2.28. The van der Waals surface area contributed by atoms with Crippen molar-refractivity contribution in [3.05, 3.63) is 46.5 Å². The Morgan fingerprint density at radius 2 is 2.14 bits per heavy atom. The van der Waals surface area contributed by atoms with E-state index in [0.717, 1.165) is 27.5 Å². The van der Waals surface area contributed by atoms with E-state index in [4.69, 9.17) is 4.74 Å². The summed E-state index contributed by atoms with van der Waals surface area (Å²) in [4.78, 5) is 21.0. The second-order valence-electron chi connectivity index (χ2n) is 6.16. The smallest absolute Gasteiger partial charge is 0.378 e. The van der Waals surface area contributed by atoms with Gasteiger partial charge in [-0.25, -0.2) is 4.98 Å². The van der Waals surface area contributed by atoms with Crippen LogP contribution in [0.4, 0.5) is 13.2 Å². The number of nitrogens with zero attached hydrogens (tertiary/aromatic N) is 5. The molecular formula is C17H17F3N6O2S. The lowest BCUT2D eigenvalue weighted by Gasteiger charge is -2.10. The van der Waals surface area contributed by atoms with Crippen molar-refractivity contribution in [1.29, 1.82) is 0 Å². The van der Waals surface area contributed by atoms with Crippen molar-refractivity contribution in [2.24, 2.45) is 7.05 Å². The van der Waals surface area contributed by atoms with Crippen LogP contribution in [0.1, 0.15) is 39.8 Å². The molecule has 1 amide bonds. The molecule has 0 radical (unpaired) electrons. The second-order valence-corrected chi connectivity index (χ2v) is 6.94. The van der Waals surface area contributed by atoms with Gasteiger partial charge in [0.15, 0.2) is 11.5 Å². The van der Waals surface area contributed by atoms with Gasteiger partial charge in [0.25, 0.3) is 5.91 Å². The van der Waals surface area contributed by atoms with Gasteiger partial charge in [0, 0.05) is 32.0 Å². The molecule has 3 rings (SSSR count). The topological polar surface area (TPSA) is 94.8 Å². The van der Waals surface area contributed by atoms with Crippen LogP contribution >= 0.6 is 11.5 Å². The fourth-order valence-corrected chi connectivity index (χ4v) is 3.19. The van der Waals surface area contributed by atoms with Crippen LogP contribution in [0.5, 0.6) is 0 Å². The first kappa shape index (κ1) is 20.9.